The van der Waals surface area contributed by atoms with E-state index in [0.717, 1.165) is 16.8 Å². The lowest BCUT2D eigenvalue weighted by Crippen LogP contribution is -2.38. The maximum absolute atomic E-state index is 12.1. The van der Waals surface area contributed by atoms with E-state index in [0.29, 0.717) is 18.7 Å². The largest absolute Gasteiger partial charge is 0.358 e. The lowest BCUT2D eigenvalue weighted by Gasteiger charge is -2.10. The molecule has 2 heterocycles. The zero-order valence-corrected chi connectivity index (χ0v) is 17.0. The molecule has 152 valence electrons. The summed E-state index contributed by atoms with van der Waals surface area (Å²) in [5, 5.41) is 19.7. The Balaban J connectivity index is 0.00000280. The van der Waals surface area contributed by atoms with Crippen LogP contribution in [0.4, 0.5) is 10.5 Å². The number of urea groups is 1. The molecule has 2 atom stereocenters. The van der Waals surface area contributed by atoms with Gasteiger partial charge >= 0.3 is 6.03 Å². The minimum Gasteiger partial charge on any atom is -0.358 e. The van der Waals surface area contributed by atoms with Crippen molar-refractivity contribution in [3.05, 3.63) is 41.2 Å². The molecule has 1 fully saturated rings. The van der Waals surface area contributed by atoms with Crippen molar-refractivity contribution < 1.29 is 9.59 Å². The predicted octanol–water partition coefficient (Wildman–Crippen LogP) is 1.29. The fourth-order valence-electron chi connectivity index (χ4n) is 3.07. The molecule has 1 aromatic heterocycles. The molecular weight excluding hydrogens is 382 g/mol. The lowest BCUT2D eigenvalue weighted by atomic mass is 10.1. The van der Waals surface area contributed by atoms with Gasteiger partial charge in [-0.1, -0.05) is 17.3 Å². The van der Waals surface area contributed by atoms with Gasteiger partial charge in [-0.25, -0.2) is 9.48 Å². The average Bonchev–Trinajstić information content (AvgIpc) is 3.31. The molecule has 1 aromatic carbocycles. The van der Waals surface area contributed by atoms with Gasteiger partial charge in [0.1, 0.15) is 5.69 Å². The van der Waals surface area contributed by atoms with Crippen LogP contribution in [0.15, 0.2) is 24.4 Å². The van der Waals surface area contributed by atoms with Gasteiger partial charge in [-0.15, -0.1) is 17.5 Å². The van der Waals surface area contributed by atoms with Crippen molar-refractivity contribution in [3.8, 4) is 0 Å². The van der Waals surface area contributed by atoms with E-state index in [1.165, 1.54) is 0 Å². The zero-order valence-electron chi connectivity index (χ0n) is 16.2. The average molecular weight is 408 g/mol. The second kappa shape index (κ2) is 9.52. The number of anilines is 1. The highest BCUT2D eigenvalue weighted by molar-refractivity contribution is 5.90. The fraction of sp³-hybridized carbons (Fsp3) is 0.444. The van der Waals surface area contributed by atoms with Crippen LogP contribution in [0.25, 0.3) is 0 Å². The summed E-state index contributed by atoms with van der Waals surface area (Å²) in [6, 6.07) is 5.47. The van der Waals surface area contributed by atoms with Gasteiger partial charge < -0.3 is 21.3 Å². The third-order valence-electron chi connectivity index (χ3n) is 4.67. The van der Waals surface area contributed by atoms with E-state index in [1.54, 1.807) is 17.9 Å². The molecule has 1 aliphatic rings. The molecule has 3 rings (SSSR count). The third kappa shape index (κ3) is 5.20. The number of nitrogens with one attached hydrogen (secondary N) is 4. The highest BCUT2D eigenvalue weighted by Crippen LogP contribution is 2.19. The van der Waals surface area contributed by atoms with Crippen LogP contribution in [0.5, 0.6) is 0 Å². The summed E-state index contributed by atoms with van der Waals surface area (Å²) < 4.78 is 1.75. The zero-order chi connectivity index (χ0) is 19.4. The van der Waals surface area contributed by atoms with Gasteiger partial charge in [0.15, 0.2) is 0 Å². The van der Waals surface area contributed by atoms with Crippen LogP contribution in [0.2, 0.25) is 0 Å². The Hall–Kier alpha value is -2.65. The number of aromatic nitrogens is 3. The molecule has 9 nitrogen and oxygen atoms in total. The number of nitrogens with zero attached hydrogens (tertiary/aromatic N) is 3. The highest BCUT2D eigenvalue weighted by atomic mass is 35.5. The molecule has 28 heavy (non-hydrogen) atoms. The standard InChI is InChI=1S/C18H25N7O2.ClH/c1-11-4-5-12(2)15(6-11)22-18(27)21-8-13-10-25(24-23-13)14-7-16(20-9-14)17(26)19-3;/h4-6,10,14,16,20H,7-9H2,1-3H3,(H,19,26)(H2,21,22,27);1H/t14-,16+;/m1./s1. The molecule has 0 spiro atoms. The lowest BCUT2D eigenvalue weighted by molar-refractivity contribution is -0.122. The van der Waals surface area contributed by atoms with Crippen molar-refractivity contribution in [2.24, 2.45) is 0 Å². The van der Waals surface area contributed by atoms with Gasteiger partial charge in [-0.3, -0.25) is 4.79 Å². The van der Waals surface area contributed by atoms with Crippen molar-refractivity contribution in [2.45, 2.75) is 38.9 Å². The Morgan fingerprint density at radius 2 is 2.11 bits per heavy atom. The van der Waals surface area contributed by atoms with E-state index < -0.39 is 0 Å². The van der Waals surface area contributed by atoms with Crippen LogP contribution in [-0.2, 0) is 11.3 Å². The summed E-state index contributed by atoms with van der Waals surface area (Å²) >= 11 is 0. The summed E-state index contributed by atoms with van der Waals surface area (Å²) in [6.07, 6.45) is 2.46. The highest BCUT2D eigenvalue weighted by Gasteiger charge is 2.30. The number of amides is 3. The number of benzene rings is 1. The Labute approximate surface area is 170 Å². The predicted molar refractivity (Wildman–Crippen MR) is 109 cm³/mol. The molecule has 0 radical (unpaired) electrons. The number of rotatable bonds is 5. The summed E-state index contributed by atoms with van der Waals surface area (Å²) in [4.78, 5) is 23.8. The van der Waals surface area contributed by atoms with Crippen molar-refractivity contribution in [1.29, 1.82) is 0 Å². The van der Waals surface area contributed by atoms with Crippen molar-refractivity contribution in [2.75, 3.05) is 18.9 Å². The van der Waals surface area contributed by atoms with Crippen LogP contribution >= 0.6 is 12.4 Å². The first-order chi connectivity index (χ1) is 13.0. The van der Waals surface area contributed by atoms with Crippen LogP contribution in [0, 0.1) is 13.8 Å². The first-order valence-corrected chi connectivity index (χ1v) is 8.94. The van der Waals surface area contributed by atoms with E-state index in [-0.39, 0.29) is 43.0 Å². The monoisotopic (exact) mass is 407 g/mol. The number of aryl methyl sites for hydroxylation is 2. The summed E-state index contributed by atoms with van der Waals surface area (Å²) in [6.45, 7) is 4.85. The smallest absolute Gasteiger partial charge is 0.319 e. The Morgan fingerprint density at radius 3 is 2.86 bits per heavy atom. The quantitative estimate of drug-likeness (QED) is 0.596. The molecule has 0 unspecified atom stereocenters. The van der Waals surface area contributed by atoms with Crippen LogP contribution in [0.3, 0.4) is 0 Å². The normalized spacial score (nSPS) is 18.2. The maximum atomic E-state index is 12.1. The van der Waals surface area contributed by atoms with Crippen LogP contribution in [-0.4, -0.2) is 46.6 Å². The molecule has 0 saturated carbocycles. The molecule has 0 bridgehead atoms. The van der Waals surface area contributed by atoms with E-state index in [1.807, 2.05) is 32.0 Å². The van der Waals surface area contributed by atoms with Gasteiger partial charge in [0, 0.05) is 19.3 Å². The van der Waals surface area contributed by atoms with Crippen molar-refractivity contribution in [3.63, 3.8) is 0 Å². The maximum Gasteiger partial charge on any atom is 0.319 e. The van der Waals surface area contributed by atoms with Gasteiger partial charge in [0.05, 0.1) is 24.8 Å². The topological polar surface area (TPSA) is 113 Å². The van der Waals surface area contributed by atoms with Gasteiger partial charge in [-0.05, 0) is 37.5 Å². The fourth-order valence-corrected chi connectivity index (χ4v) is 3.07. The molecule has 1 aliphatic heterocycles. The van der Waals surface area contributed by atoms with Gasteiger partial charge in [0.2, 0.25) is 5.91 Å². The molecule has 3 amide bonds. The Kier molecular flexibility index (Phi) is 7.36. The molecule has 1 saturated heterocycles. The first kappa shape index (κ1) is 21.6. The van der Waals surface area contributed by atoms with Crippen molar-refractivity contribution in [1.82, 2.24) is 30.9 Å². The Bertz CT molecular complexity index is 839. The van der Waals surface area contributed by atoms with E-state index in [4.69, 9.17) is 0 Å². The molecule has 4 N–H and O–H groups in total. The number of hydrogen-bond donors (Lipinski definition) is 4. The van der Waals surface area contributed by atoms with Crippen LogP contribution in [0.1, 0.15) is 29.3 Å². The van der Waals surface area contributed by atoms with Crippen molar-refractivity contribution >= 4 is 30.0 Å². The summed E-state index contributed by atoms with van der Waals surface area (Å²) in [5.74, 6) is -0.0254. The number of halogens is 1. The van der Waals surface area contributed by atoms with Crippen LogP contribution < -0.4 is 21.3 Å². The molecule has 10 heteroatoms. The minimum atomic E-state index is -0.291. The van der Waals surface area contributed by atoms with Gasteiger partial charge in [0.25, 0.3) is 0 Å². The third-order valence-corrected chi connectivity index (χ3v) is 4.67. The second-order valence-electron chi connectivity index (χ2n) is 6.78. The number of carbonyl (C=O) groups is 2. The first-order valence-electron chi connectivity index (χ1n) is 8.94. The van der Waals surface area contributed by atoms with Gasteiger partial charge in [-0.2, -0.15) is 0 Å². The van der Waals surface area contributed by atoms with E-state index >= 15 is 0 Å². The Morgan fingerprint density at radius 1 is 1.32 bits per heavy atom. The number of hydrogen-bond acceptors (Lipinski definition) is 5. The SMILES string of the molecule is CNC(=O)[C@@H]1C[C@@H](n2cc(CNC(=O)Nc3cc(C)ccc3C)nn2)CN1.Cl. The number of carbonyl (C=O) groups excluding carboxylic acids is 2. The van der Waals surface area contributed by atoms with E-state index in [2.05, 4.69) is 31.6 Å². The number of likely N-dealkylation sites (N-methyl/N-ethyl adjacent to an activating group) is 1. The summed E-state index contributed by atoms with van der Waals surface area (Å²) in [5.41, 5.74) is 3.53. The second-order valence-corrected chi connectivity index (χ2v) is 6.78. The molecule has 2 aromatic rings. The van der Waals surface area contributed by atoms with E-state index in [9.17, 15) is 9.59 Å². The molecule has 0 aliphatic carbocycles. The minimum absolute atomic E-state index is 0. The summed E-state index contributed by atoms with van der Waals surface area (Å²) in [7, 11) is 1.62. The molecular formula is C18H26ClN7O2.